The number of amides is 1. The molecule has 4 heterocycles. The highest BCUT2D eigenvalue weighted by Crippen LogP contribution is 2.32. The van der Waals surface area contributed by atoms with Gasteiger partial charge in [0.25, 0.3) is 5.91 Å². The van der Waals surface area contributed by atoms with E-state index < -0.39 is 0 Å². The molecule has 0 unspecified atom stereocenters. The zero-order valence-corrected chi connectivity index (χ0v) is 21.2. The van der Waals surface area contributed by atoms with Gasteiger partial charge >= 0.3 is 0 Å². The van der Waals surface area contributed by atoms with Crippen LogP contribution in [-0.4, -0.2) is 50.6 Å². The average Bonchev–Trinajstić information content (AvgIpc) is 3.32. The Hall–Kier alpha value is -3.77. The number of aromatic nitrogens is 3. The first-order valence-corrected chi connectivity index (χ1v) is 12.7. The van der Waals surface area contributed by atoms with Crippen molar-refractivity contribution < 1.29 is 4.79 Å². The molecule has 6 heteroatoms. The van der Waals surface area contributed by atoms with E-state index in [1.165, 1.54) is 0 Å². The number of carbonyl (C=O) groups excluding carboxylic acids is 1. The zero-order valence-electron chi connectivity index (χ0n) is 21.2. The van der Waals surface area contributed by atoms with Gasteiger partial charge in [-0.3, -0.25) is 9.78 Å². The molecule has 0 saturated carbocycles. The summed E-state index contributed by atoms with van der Waals surface area (Å²) in [6, 6.07) is 15.1. The molecule has 0 bridgehead atoms. The molecule has 1 N–H and O–H groups in total. The van der Waals surface area contributed by atoms with Gasteiger partial charge in [-0.1, -0.05) is 30.9 Å². The fraction of sp³-hybridized carbons (Fsp3) is 0.300. The first kappa shape index (κ1) is 23.9. The maximum atomic E-state index is 13.2. The van der Waals surface area contributed by atoms with E-state index in [0.717, 1.165) is 65.0 Å². The van der Waals surface area contributed by atoms with Crippen LogP contribution in [0.15, 0.2) is 67.6 Å². The third-order valence-corrected chi connectivity index (χ3v) is 7.24. The van der Waals surface area contributed by atoms with Crippen LogP contribution in [0, 0.1) is 6.92 Å². The number of carbonyl (C=O) groups is 1. The molecular formula is C30H33N5O. The Balaban J connectivity index is 1.44. The summed E-state index contributed by atoms with van der Waals surface area (Å²) >= 11 is 0. The predicted molar refractivity (Wildman–Crippen MR) is 146 cm³/mol. The van der Waals surface area contributed by atoms with Crippen molar-refractivity contribution in [3.63, 3.8) is 0 Å². The molecule has 0 atom stereocenters. The molecule has 5 rings (SSSR count). The molecule has 184 valence electrons. The zero-order chi connectivity index (χ0) is 25.2. The monoisotopic (exact) mass is 479 g/mol. The number of aryl methyl sites for hydroxylation is 1. The van der Waals surface area contributed by atoms with Gasteiger partial charge in [0.1, 0.15) is 0 Å². The summed E-state index contributed by atoms with van der Waals surface area (Å²) < 4.78 is 1.76. The second-order valence-corrected chi connectivity index (χ2v) is 9.86. The minimum absolute atomic E-state index is 0.0628. The molecule has 1 amide bonds. The normalized spacial score (nSPS) is 14.9. The second kappa shape index (κ2) is 10.1. The molecule has 0 aliphatic carbocycles. The Morgan fingerprint density at radius 1 is 1.14 bits per heavy atom. The van der Waals surface area contributed by atoms with E-state index >= 15 is 0 Å². The van der Waals surface area contributed by atoms with E-state index in [1.807, 2.05) is 36.7 Å². The van der Waals surface area contributed by atoms with Gasteiger partial charge in [-0.2, -0.15) is 5.10 Å². The van der Waals surface area contributed by atoms with Crippen molar-refractivity contribution in [3.8, 4) is 22.4 Å². The number of pyridine rings is 2. The number of piperidine rings is 1. The molecule has 0 spiro atoms. The maximum Gasteiger partial charge on any atom is 0.255 e. The molecule has 1 aliphatic heterocycles. The van der Waals surface area contributed by atoms with Gasteiger partial charge in [0, 0.05) is 48.7 Å². The topological polar surface area (TPSA) is 62.5 Å². The van der Waals surface area contributed by atoms with Crippen molar-refractivity contribution in [2.24, 2.45) is 0 Å². The van der Waals surface area contributed by atoms with Crippen molar-refractivity contribution in [2.75, 3.05) is 13.1 Å². The van der Waals surface area contributed by atoms with Gasteiger partial charge < -0.3 is 10.2 Å². The highest BCUT2D eigenvalue weighted by Gasteiger charge is 2.24. The number of hydrogen-bond donors (Lipinski definition) is 1. The standard InChI is InChI=1S/C30H33N5O/c1-5-22-8-9-24(17-21(22)4)29-26(7-6-13-31-29)23-10-16-35-28(18-23)27(19-32-35)30(36)33-25-11-14-34(15-12-25)20(2)3/h5-10,13,16-20,25H,1,11-12,14-15H2,2-4H3,(H,33,36). The molecule has 36 heavy (non-hydrogen) atoms. The van der Waals surface area contributed by atoms with Crippen LogP contribution >= 0.6 is 0 Å². The molecule has 4 aromatic rings. The quantitative estimate of drug-likeness (QED) is 0.390. The number of benzene rings is 1. The Morgan fingerprint density at radius 3 is 2.67 bits per heavy atom. The Bertz CT molecular complexity index is 1410. The van der Waals surface area contributed by atoms with Crippen LogP contribution in [0.4, 0.5) is 0 Å². The Kier molecular flexibility index (Phi) is 6.70. The largest absolute Gasteiger partial charge is 0.349 e. The summed E-state index contributed by atoms with van der Waals surface area (Å²) in [7, 11) is 0. The SMILES string of the molecule is C=Cc1ccc(-c2ncccc2-c2ccn3ncc(C(=O)NC4CCN(C(C)C)CC4)c3c2)cc1C. The van der Waals surface area contributed by atoms with Gasteiger partial charge in [0.15, 0.2) is 0 Å². The van der Waals surface area contributed by atoms with Gasteiger partial charge in [0.05, 0.1) is 23.0 Å². The van der Waals surface area contributed by atoms with Crippen LogP contribution in [0.3, 0.4) is 0 Å². The van der Waals surface area contributed by atoms with Crippen molar-refractivity contribution in [1.29, 1.82) is 0 Å². The van der Waals surface area contributed by atoms with Crippen LogP contribution < -0.4 is 5.32 Å². The lowest BCUT2D eigenvalue weighted by Crippen LogP contribution is -2.46. The number of nitrogens with zero attached hydrogens (tertiary/aromatic N) is 4. The number of likely N-dealkylation sites (tertiary alicyclic amines) is 1. The molecule has 1 saturated heterocycles. The highest BCUT2D eigenvalue weighted by molar-refractivity contribution is 6.01. The minimum atomic E-state index is -0.0628. The van der Waals surface area contributed by atoms with E-state index in [0.29, 0.717) is 11.6 Å². The molecule has 1 fully saturated rings. The summed E-state index contributed by atoms with van der Waals surface area (Å²) in [6.45, 7) is 12.4. The average molecular weight is 480 g/mol. The number of hydrogen-bond acceptors (Lipinski definition) is 4. The van der Waals surface area contributed by atoms with Gasteiger partial charge in [-0.05, 0) is 74.6 Å². The van der Waals surface area contributed by atoms with E-state index in [2.05, 4.69) is 66.9 Å². The fourth-order valence-electron chi connectivity index (χ4n) is 5.07. The lowest BCUT2D eigenvalue weighted by molar-refractivity contribution is 0.0902. The maximum absolute atomic E-state index is 13.2. The third kappa shape index (κ3) is 4.69. The van der Waals surface area contributed by atoms with Crippen molar-refractivity contribution >= 4 is 17.5 Å². The summed E-state index contributed by atoms with van der Waals surface area (Å²) in [5, 5.41) is 7.68. The van der Waals surface area contributed by atoms with Crippen LogP contribution in [0.5, 0.6) is 0 Å². The van der Waals surface area contributed by atoms with E-state index in [1.54, 1.807) is 10.7 Å². The van der Waals surface area contributed by atoms with Gasteiger partial charge in [0.2, 0.25) is 0 Å². The highest BCUT2D eigenvalue weighted by atomic mass is 16.1. The van der Waals surface area contributed by atoms with Crippen LogP contribution in [0.1, 0.15) is 48.2 Å². The number of nitrogens with one attached hydrogen (secondary N) is 1. The van der Waals surface area contributed by atoms with Crippen molar-refractivity contribution in [3.05, 3.63) is 84.3 Å². The lowest BCUT2D eigenvalue weighted by atomic mass is 9.97. The van der Waals surface area contributed by atoms with Crippen molar-refractivity contribution in [2.45, 2.75) is 45.7 Å². The van der Waals surface area contributed by atoms with Gasteiger partial charge in [-0.15, -0.1) is 0 Å². The smallest absolute Gasteiger partial charge is 0.255 e. The minimum Gasteiger partial charge on any atom is -0.349 e. The second-order valence-electron chi connectivity index (χ2n) is 9.86. The third-order valence-electron chi connectivity index (χ3n) is 7.24. The summed E-state index contributed by atoms with van der Waals surface area (Å²) in [6.07, 6.45) is 9.20. The van der Waals surface area contributed by atoms with Crippen LogP contribution in [0.2, 0.25) is 0 Å². The van der Waals surface area contributed by atoms with Gasteiger partial charge in [-0.25, -0.2) is 4.52 Å². The summed E-state index contributed by atoms with van der Waals surface area (Å²) in [4.78, 5) is 20.4. The Morgan fingerprint density at radius 2 is 1.94 bits per heavy atom. The van der Waals surface area contributed by atoms with Crippen LogP contribution in [-0.2, 0) is 0 Å². The van der Waals surface area contributed by atoms with E-state index in [4.69, 9.17) is 4.98 Å². The first-order valence-electron chi connectivity index (χ1n) is 12.7. The molecule has 6 nitrogen and oxygen atoms in total. The Labute approximate surface area is 212 Å². The lowest BCUT2D eigenvalue weighted by Gasteiger charge is -2.34. The molecule has 1 aromatic carbocycles. The summed E-state index contributed by atoms with van der Waals surface area (Å²) in [5.41, 5.74) is 7.62. The molecule has 1 aliphatic rings. The van der Waals surface area contributed by atoms with Crippen LogP contribution in [0.25, 0.3) is 34.0 Å². The van der Waals surface area contributed by atoms with Crippen molar-refractivity contribution in [1.82, 2.24) is 24.8 Å². The molecular weight excluding hydrogens is 446 g/mol. The summed E-state index contributed by atoms with van der Waals surface area (Å²) in [5.74, 6) is -0.0628. The predicted octanol–water partition coefficient (Wildman–Crippen LogP) is 5.62. The fourth-order valence-corrected chi connectivity index (χ4v) is 5.07. The number of fused-ring (bicyclic) bond motifs is 1. The van der Waals surface area contributed by atoms with E-state index in [9.17, 15) is 4.79 Å². The van der Waals surface area contributed by atoms with E-state index in [-0.39, 0.29) is 11.9 Å². The molecule has 0 radical (unpaired) electrons. The first-order chi connectivity index (χ1) is 17.4. The number of rotatable bonds is 6. The molecule has 3 aromatic heterocycles.